The molecule has 28 heavy (non-hydrogen) atoms. The number of carbonyl (C=O) groups is 1. The molecule has 0 aliphatic carbocycles. The standard InChI is InChI=1S/C19H21ClN6O2/c1-26-11-14(17(25-26)15-10-16(20)24-19(21)23-15)9-12-4-3-5-13(8-12)18(27)22-6-7-28-2/h3-5,8,10-11H,6-7,9H2,1-2H3,(H,22,27)(H2,21,23,24). The van der Waals surface area contributed by atoms with Crippen LogP contribution in [-0.4, -0.2) is 45.9 Å². The molecule has 0 spiro atoms. The molecule has 0 atom stereocenters. The van der Waals surface area contributed by atoms with Gasteiger partial charge in [0.2, 0.25) is 5.95 Å². The number of nitrogens with zero attached hydrogens (tertiary/aromatic N) is 4. The fraction of sp³-hybridized carbons (Fsp3) is 0.263. The summed E-state index contributed by atoms with van der Waals surface area (Å²) in [5.41, 5.74) is 9.45. The Hall–Kier alpha value is -2.97. The van der Waals surface area contributed by atoms with Crippen LogP contribution >= 0.6 is 11.6 Å². The van der Waals surface area contributed by atoms with Gasteiger partial charge in [-0.1, -0.05) is 23.7 Å². The molecule has 3 aromatic rings. The second-order valence-corrected chi connectivity index (χ2v) is 6.62. The van der Waals surface area contributed by atoms with Crippen LogP contribution in [0.3, 0.4) is 0 Å². The third-order valence-corrected chi connectivity index (χ3v) is 4.23. The normalized spacial score (nSPS) is 10.8. The Bertz CT molecular complexity index is 968. The van der Waals surface area contributed by atoms with Gasteiger partial charge in [0.15, 0.2) is 0 Å². The maximum Gasteiger partial charge on any atom is 0.251 e. The van der Waals surface area contributed by atoms with E-state index in [0.717, 1.165) is 11.1 Å². The van der Waals surface area contributed by atoms with Crippen molar-refractivity contribution in [2.24, 2.45) is 7.05 Å². The van der Waals surface area contributed by atoms with Crippen LogP contribution in [0.4, 0.5) is 5.95 Å². The maximum atomic E-state index is 12.3. The molecule has 3 N–H and O–H groups in total. The molecular formula is C19H21ClN6O2. The fourth-order valence-electron chi connectivity index (χ4n) is 2.85. The number of nitrogens with one attached hydrogen (secondary N) is 1. The highest BCUT2D eigenvalue weighted by Crippen LogP contribution is 2.25. The Morgan fingerprint density at radius 3 is 2.89 bits per heavy atom. The number of benzene rings is 1. The molecular weight excluding hydrogens is 380 g/mol. The zero-order chi connectivity index (χ0) is 20.1. The van der Waals surface area contributed by atoms with Gasteiger partial charge in [0.25, 0.3) is 5.91 Å². The largest absolute Gasteiger partial charge is 0.383 e. The van der Waals surface area contributed by atoms with E-state index in [9.17, 15) is 4.79 Å². The van der Waals surface area contributed by atoms with Gasteiger partial charge in [-0.05, 0) is 17.7 Å². The van der Waals surface area contributed by atoms with Gasteiger partial charge in [-0.2, -0.15) is 5.10 Å². The second-order valence-electron chi connectivity index (χ2n) is 6.24. The number of aryl methyl sites for hydroxylation is 1. The molecule has 146 valence electrons. The van der Waals surface area contributed by atoms with Crippen molar-refractivity contribution in [3.8, 4) is 11.4 Å². The molecule has 1 amide bonds. The Balaban J connectivity index is 1.85. The number of rotatable bonds is 7. The van der Waals surface area contributed by atoms with Gasteiger partial charge < -0.3 is 15.8 Å². The van der Waals surface area contributed by atoms with Gasteiger partial charge in [0.05, 0.1) is 12.3 Å². The molecule has 9 heteroatoms. The van der Waals surface area contributed by atoms with Crippen molar-refractivity contribution in [2.75, 3.05) is 26.0 Å². The van der Waals surface area contributed by atoms with Crippen LogP contribution in [0.2, 0.25) is 5.15 Å². The zero-order valence-electron chi connectivity index (χ0n) is 15.6. The van der Waals surface area contributed by atoms with E-state index in [-0.39, 0.29) is 17.0 Å². The quantitative estimate of drug-likeness (QED) is 0.464. The lowest BCUT2D eigenvalue weighted by atomic mass is 10.0. The van der Waals surface area contributed by atoms with Gasteiger partial charge in [-0.3, -0.25) is 9.48 Å². The Morgan fingerprint density at radius 1 is 1.32 bits per heavy atom. The molecule has 0 radical (unpaired) electrons. The molecule has 8 nitrogen and oxygen atoms in total. The van der Waals surface area contributed by atoms with Crippen LogP contribution in [0, 0.1) is 0 Å². The first-order valence-corrected chi connectivity index (χ1v) is 9.03. The predicted molar refractivity (Wildman–Crippen MR) is 107 cm³/mol. The number of halogens is 1. The summed E-state index contributed by atoms with van der Waals surface area (Å²) >= 11 is 6.01. The highest BCUT2D eigenvalue weighted by molar-refractivity contribution is 6.29. The summed E-state index contributed by atoms with van der Waals surface area (Å²) in [5, 5.41) is 7.56. The maximum absolute atomic E-state index is 12.3. The number of methoxy groups -OCH3 is 1. The van der Waals surface area contributed by atoms with Crippen molar-refractivity contribution in [2.45, 2.75) is 6.42 Å². The molecule has 1 aromatic carbocycles. The van der Waals surface area contributed by atoms with E-state index in [1.54, 1.807) is 23.9 Å². The highest BCUT2D eigenvalue weighted by atomic mass is 35.5. The number of amides is 1. The number of hydrogen-bond acceptors (Lipinski definition) is 6. The number of anilines is 1. The number of carbonyl (C=O) groups excluding carboxylic acids is 1. The van der Waals surface area contributed by atoms with Crippen LogP contribution in [0.1, 0.15) is 21.5 Å². The summed E-state index contributed by atoms with van der Waals surface area (Å²) in [6.07, 6.45) is 2.48. The molecule has 0 bridgehead atoms. The molecule has 0 aliphatic rings. The van der Waals surface area contributed by atoms with Crippen molar-refractivity contribution in [1.29, 1.82) is 0 Å². The van der Waals surface area contributed by atoms with Crippen molar-refractivity contribution < 1.29 is 9.53 Å². The van der Waals surface area contributed by atoms with E-state index >= 15 is 0 Å². The lowest BCUT2D eigenvalue weighted by molar-refractivity contribution is 0.0937. The summed E-state index contributed by atoms with van der Waals surface area (Å²) < 4.78 is 6.66. The molecule has 3 rings (SSSR count). The molecule has 2 heterocycles. The van der Waals surface area contributed by atoms with Crippen LogP contribution in [0.15, 0.2) is 36.5 Å². The smallest absolute Gasteiger partial charge is 0.251 e. The highest BCUT2D eigenvalue weighted by Gasteiger charge is 2.15. The molecule has 0 unspecified atom stereocenters. The number of nitrogens with two attached hydrogens (primary N) is 1. The van der Waals surface area contributed by atoms with Gasteiger partial charge in [0, 0.05) is 50.5 Å². The lowest BCUT2D eigenvalue weighted by Crippen LogP contribution is -2.26. The minimum atomic E-state index is -0.138. The molecule has 0 fully saturated rings. The lowest BCUT2D eigenvalue weighted by Gasteiger charge is -2.07. The molecule has 2 aromatic heterocycles. The summed E-state index contributed by atoms with van der Waals surface area (Å²) in [6.45, 7) is 0.928. The molecule has 0 saturated heterocycles. The van der Waals surface area contributed by atoms with Crippen molar-refractivity contribution in [1.82, 2.24) is 25.1 Å². The first-order valence-electron chi connectivity index (χ1n) is 8.65. The first-order chi connectivity index (χ1) is 13.5. The summed E-state index contributed by atoms with van der Waals surface area (Å²) in [7, 11) is 3.43. The van der Waals surface area contributed by atoms with Crippen LogP contribution in [0.25, 0.3) is 11.4 Å². The van der Waals surface area contributed by atoms with Gasteiger partial charge >= 0.3 is 0 Å². The summed E-state index contributed by atoms with van der Waals surface area (Å²) in [6, 6.07) is 9.09. The Labute approximate surface area is 167 Å². The number of nitrogen functional groups attached to an aromatic ring is 1. The van der Waals surface area contributed by atoms with Crippen molar-refractivity contribution in [3.05, 3.63) is 58.4 Å². The molecule has 0 aliphatic heterocycles. The number of aromatic nitrogens is 4. The SMILES string of the molecule is COCCNC(=O)c1cccc(Cc2cn(C)nc2-c2cc(Cl)nc(N)n2)c1. The topological polar surface area (TPSA) is 108 Å². The third-order valence-electron chi connectivity index (χ3n) is 4.03. The Kier molecular flexibility index (Phi) is 6.23. The molecule has 0 saturated carbocycles. The van der Waals surface area contributed by atoms with Crippen molar-refractivity contribution >= 4 is 23.5 Å². The number of ether oxygens (including phenoxy) is 1. The van der Waals surface area contributed by atoms with Crippen LogP contribution in [-0.2, 0) is 18.2 Å². The van der Waals surface area contributed by atoms with Crippen LogP contribution in [0.5, 0.6) is 0 Å². The van der Waals surface area contributed by atoms with E-state index in [4.69, 9.17) is 22.1 Å². The van der Waals surface area contributed by atoms with E-state index < -0.39 is 0 Å². The zero-order valence-corrected chi connectivity index (χ0v) is 16.4. The minimum Gasteiger partial charge on any atom is -0.383 e. The third kappa shape index (κ3) is 4.85. The minimum absolute atomic E-state index is 0.0915. The van der Waals surface area contributed by atoms with E-state index in [0.29, 0.717) is 36.5 Å². The summed E-state index contributed by atoms with van der Waals surface area (Å²) in [5.74, 6) is -0.0468. The average Bonchev–Trinajstić information content (AvgIpc) is 3.01. The van der Waals surface area contributed by atoms with E-state index in [1.165, 1.54) is 0 Å². The number of hydrogen-bond donors (Lipinski definition) is 2. The van der Waals surface area contributed by atoms with Gasteiger partial charge in [-0.15, -0.1) is 0 Å². The second kappa shape index (κ2) is 8.81. The van der Waals surface area contributed by atoms with E-state index in [2.05, 4.69) is 20.4 Å². The van der Waals surface area contributed by atoms with Gasteiger partial charge in [0.1, 0.15) is 10.8 Å². The van der Waals surface area contributed by atoms with E-state index in [1.807, 2.05) is 31.4 Å². The van der Waals surface area contributed by atoms with Gasteiger partial charge in [-0.25, -0.2) is 9.97 Å². The first kappa shape index (κ1) is 19.8. The van der Waals surface area contributed by atoms with Crippen LogP contribution < -0.4 is 11.1 Å². The fourth-order valence-corrected chi connectivity index (χ4v) is 3.04. The predicted octanol–water partition coefficient (Wildman–Crippen LogP) is 2.08. The average molecular weight is 401 g/mol. The Morgan fingerprint density at radius 2 is 2.14 bits per heavy atom. The van der Waals surface area contributed by atoms with Crippen molar-refractivity contribution in [3.63, 3.8) is 0 Å². The monoisotopic (exact) mass is 400 g/mol. The summed E-state index contributed by atoms with van der Waals surface area (Å²) in [4.78, 5) is 20.4.